The van der Waals surface area contributed by atoms with Crippen LogP contribution in [0.15, 0.2) is 12.1 Å². The molecular weight excluding hydrogens is 665 g/mol. The molecule has 2 unspecified atom stereocenters. The fourth-order valence-electron chi connectivity index (χ4n) is 4.52. The number of hydrogen-bond donors (Lipinski definition) is 7. The summed E-state index contributed by atoms with van der Waals surface area (Å²) < 4.78 is 23.0. The van der Waals surface area contributed by atoms with Crippen molar-refractivity contribution in [1.82, 2.24) is 10.6 Å². The maximum atomic E-state index is 12.7. The lowest BCUT2D eigenvalue weighted by Gasteiger charge is -2.19. The number of hydrogen-bond acceptors (Lipinski definition) is 11. The Morgan fingerprint density at radius 1 is 0.696 bits per heavy atom. The number of thiol groups is 4. The molecule has 0 spiro atoms. The van der Waals surface area contributed by atoms with E-state index in [1.165, 1.54) is 0 Å². The van der Waals surface area contributed by atoms with Crippen molar-refractivity contribution in [1.29, 1.82) is 0 Å². The van der Waals surface area contributed by atoms with Gasteiger partial charge in [-0.15, -0.1) is 0 Å². The number of carbonyl (C=O) groups is 2. The minimum Gasteiger partial charge on any atom is -0.487 e. The molecular formula is C33H58N2O7S4. The molecule has 1 rings (SSSR count). The zero-order valence-corrected chi connectivity index (χ0v) is 31.1. The molecule has 3 N–H and O–H groups in total. The molecule has 0 fully saturated rings. The summed E-state index contributed by atoms with van der Waals surface area (Å²) in [6.45, 7) is 4.75. The van der Waals surface area contributed by atoms with Crippen molar-refractivity contribution < 1.29 is 33.6 Å². The number of aliphatic hydroxyl groups is 1. The van der Waals surface area contributed by atoms with Gasteiger partial charge in [-0.25, -0.2) is 0 Å². The second-order valence-corrected chi connectivity index (χ2v) is 13.4. The molecule has 0 bridgehead atoms. The molecule has 0 aliphatic heterocycles. The highest BCUT2D eigenvalue weighted by atomic mass is 32.1. The predicted octanol–water partition coefficient (Wildman–Crippen LogP) is 5.47. The number of nitrogens with one attached hydrogen (secondary N) is 2. The SMILES string of the molecule is CCCOCCOc1cc(CNC(=O)CCCCC(S)CCS)c(CNC(=O)CCCCC(S)CCS)cc1OCCOCCO. The highest BCUT2D eigenvalue weighted by molar-refractivity contribution is 7.81. The second-order valence-electron chi connectivity index (χ2n) is 11.1. The van der Waals surface area contributed by atoms with E-state index in [-0.39, 0.29) is 44.7 Å². The summed E-state index contributed by atoms with van der Waals surface area (Å²) in [4.78, 5) is 25.4. The van der Waals surface area contributed by atoms with Crippen molar-refractivity contribution in [2.45, 2.75) is 101 Å². The lowest BCUT2D eigenvalue weighted by Crippen LogP contribution is -2.26. The van der Waals surface area contributed by atoms with Gasteiger partial charge in [-0.1, -0.05) is 19.8 Å². The lowest BCUT2D eigenvalue weighted by molar-refractivity contribution is -0.122. The topological polar surface area (TPSA) is 115 Å². The Morgan fingerprint density at radius 3 is 1.57 bits per heavy atom. The van der Waals surface area contributed by atoms with Crippen LogP contribution >= 0.6 is 50.5 Å². The van der Waals surface area contributed by atoms with Crippen LogP contribution < -0.4 is 20.1 Å². The quantitative estimate of drug-likeness (QED) is 0.0417. The van der Waals surface area contributed by atoms with Crippen LogP contribution in [0.4, 0.5) is 0 Å². The van der Waals surface area contributed by atoms with Crippen LogP contribution in [-0.2, 0) is 32.2 Å². The highest BCUT2D eigenvalue weighted by Crippen LogP contribution is 2.32. The molecule has 2 atom stereocenters. The monoisotopic (exact) mass is 722 g/mol. The van der Waals surface area contributed by atoms with Crippen molar-refractivity contribution in [2.75, 3.05) is 57.8 Å². The molecule has 0 radical (unpaired) electrons. The Bertz CT molecular complexity index is 873. The van der Waals surface area contributed by atoms with Gasteiger partial charge in [0, 0.05) is 43.0 Å². The molecule has 13 heteroatoms. The fourth-order valence-corrected chi connectivity index (χ4v) is 6.17. The number of unbranched alkanes of at least 4 members (excludes halogenated alkanes) is 2. The first-order valence-corrected chi connectivity index (χ1v) is 18.9. The number of aliphatic hydroxyl groups excluding tert-OH is 1. The van der Waals surface area contributed by atoms with E-state index in [0.717, 1.165) is 80.4 Å². The van der Waals surface area contributed by atoms with Gasteiger partial charge in [0.1, 0.15) is 13.2 Å². The van der Waals surface area contributed by atoms with Gasteiger partial charge >= 0.3 is 0 Å². The minimum atomic E-state index is -0.0625. The predicted molar refractivity (Wildman–Crippen MR) is 200 cm³/mol. The number of carbonyl (C=O) groups excluding carboxylic acids is 2. The van der Waals surface area contributed by atoms with Gasteiger partial charge in [-0.05, 0) is 79.7 Å². The molecule has 0 heterocycles. The van der Waals surface area contributed by atoms with Crippen LogP contribution in [-0.4, -0.2) is 85.2 Å². The van der Waals surface area contributed by atoms with Crippen LogP contribution in [0.25, 0.3) is 0 Å². The van der Waals surface area contributed by atoms with E-state index in [9.17, 15) is 9.59 Å². The van der Waals surface area contributed by atoms with E-state index in [4.69, 9.17) is 24.1 Å². The molecule has 0 aliphatic rings. The summed E-state index contributed by atoms with van der Waals surface area (Å²) in [6, 6.07) is 3.72. The van der Waals surface area contributed by atoms with Crippen molar-refractivity contribution in [2.24, 2.45) is 0 Å². The molecule has 0 saturated heterocycles. The number of ether oxygens (including phenoxy) is 4. The van der Waals surface area contributed by atoms with Gasteiger partial charge in [0.05, 0.1) is 26.4 Å². The fraction of sp³-hybridized carbons (Fsp3) is 0.758. The maximum absolute atomic E-state index is 12.7. The number of rotatable bonds is 30. The number of benzene rings is 1. The van der Waals surface area contributed by atoms with Gasteiger partial charge in [-0.3, -0.25) is 9.59 Å². The second kappa shape index (κ2) is 29.0. The Balaban J connectivity index is 2.96. The van der Waals surface area contributed by atoms with E-state index >= 15 is 0 Å². The van der Waals surface area contributed by atoms with Crippen LogP contribution in [0.3, 0.4) is 0 Å². The third-order valence-corrected chi connectivity index (χ3v) is 8.63. The average molecular weight is 723 g/mol. The van der Waals surface area contributed by atoms with Crippen LogP contribution in [0.2, 0.25) is 0 Å². The maximum Gasteiger partial charge on any atom is 0.220 e. The van der Waals surface area contributed by atoms with Crippen molar-refractivity contribution >= 4 is 62.3 Å². The van der Waals surface area contributed by atoms with Gasteiger partial charge < -0.3 is 34.7 Å². The summed E-state index contributed by atoms with van der Waals surface area (Å²) in [5.74, 6) is 2.58. The normalized spacial score (nSPS) is 12.5. The Labute approximate surface area is 299 Å². The van der Waals surface area contributed by atoms with Crippen LogP contribution in [0, 0.1) is 0 Å². The molecule has 46 heavy (non-hydrogen) atoms. The zero-order valence-electron chi connectivity index (χ0n) is 27.6. The minimum absolute atomic E-state index is 0.0305. The smallest absolute Gasteiger partial charge is 0.220 e. The Hall–Kier alpha value is -0.960. The van der Waals surface area contributed by atoms with Gasteiger partial charge in [-0.2, -0.15) is 50.5 Å². The molecule has 2 amide bonds. The van der Waals surface area contributed by atoms with Crippen molar-refractivity contribution in [3.05, 3.63) is 23.3 Å². The first-order valence-electron chi connectivity index (χ1n) is 16.6. The van der Waals surface area contributed by atoms with Crippen LogP contribution in [0.5, 0.6) is 11.5 Å². The molecule has 1 aromatic carbocycles. The van der Waals surface area contributed by atoms with E-state index in [2.05, 4.69) is 61.1 Å². The Morgan fingerprint density at radius 2 is 1.15 bits per heavy atom. The van der Waals surface area contributed by atoms with E-state index in [1.807, 2.05) is 19.1 Å². The third-order valence-electron chi connectivity index (χ3n) is 7.08. The molecule has 1 aromatic rings. The van der Waals surface area contributed by atoms with E-state index < -0.39 is 0 Å². The first-order chi connectivity index (χ1) is 22.3. The molecule has 0 saturated carbocycles. The van der Waals surface area contributed by atoms with E-state index in [1.54, 1.807) is 0 Å². The Kier molecular flexibility index (Phi) is 27.1. The summed E-state index contributed by atoms with van der Waals surface area (Å²) in [5, 5.41) is 15.7. The van der Waals surface area contributed by atoms with Crippen molar-refractivity contribution in [3.63, 3.8) is 0 Å². The van der Waals surface area contributed by atoms with Gasteiger partial charge in [0.2, 0.25) is 11.8 Å². The third kappa shape index (κ3) is 21.8. The van der Waals surface area contributed by atoms with Crippen molar-refractivity contribution in [3.8, 4) is 11.5 Å². The van der Waals surface area contributed by atoms with Gasteiger partial charge in [0.25, 0.3) is 0 Å². The zero-order chi connectivity index (χ0) is 33.8. The van der Waals surface area contributed by atoms with Crippen LogP contribution in [0.1, 0.15) is 88.7 Å². The molecule has 0 aromatic heterocycles. The lowest BCUT2D eigenvalue weighted by atomic mass is 10.0. The summed E-state index contributed by atoms with van der Waals surface area (Å²) in [6.07, 6.45) is 9.05. The molecule has 0 aliphatic carbocycles. The standard InChI is InChI=1S/C33H58N2O7S4/c1-2-14-39-16-18-41-30-22-26(24-34-32(37)9-5-3-7-28(45)11-20-43)27(23-31(30)42-19-17-40-15-13-36)25-35-33(38)10-6-4-8-29(46)12-21-44/h22-23,28-29,36,43-46H,2-21,24-25H2,1H3,(H,34,37)(H,35,38). The van der Waals surface area contributed by atoms with Gasteiger partial charge in [0.15, 0.2) is 11.5 Å². The first kappa shape index (κ1) is 43.1. The van der Waals surface area contributed by atoms with E-state index in [0.29, 0.717) is 61.3 Å². The summed E-state index contributed by atoms with van der Waals surface area (Å²) in [7, 11) is 0. The molecule has 266 valence electrons. The summed E-state index contributed by atoms with van der Waals surface area (Å²) >= 11 is 17.7. The average Bonchev–Trinajstić information content (AvgIpc) is 3.04. The summed E-state index contributed by atoms with van der Waals surface area (Å²) in [5.41, 5.74) is 1.65. The largest absolute Gasteiger partial charge is 0.487 e. The number of amides is 2. The highest BCUT2D eigenvalue weighted by Gasteiger charge is 2.15. The molecule has 9 nitrogen and oxygen atoms in total.